The molecule has 120 valence electrons. The Bertz CT molecular complexity index is 774. The summed E-state index contributed by atoms with van der Waals surface area (Å²) in [5, 5.41) is 5.23. The Hall–Kier alpha value is -1.37. The van der Waals surface area contributed by atoms with Crippen LogP contribution in [0.2, 0.25) is 0 Å². The molecule has 1 unspecified atom stereocenters. The molecule has 3 atom stereocenters. The van der Waals surface area contributed by atoms with E-state index in [2.05, 4.69) is 41.6 Å². The van der Waals surface area contributed by atoms with Gasteiger partial charge in [-0.15, -0.1) is 0 Å². The first-order chi connectivity index (χ1) is 10.3. The van der Waals surface area contributed by atoms with E-state index in [1.54, 1.807) is 5.56 Å². The molecule has 0 spiro atoms. The molecule has 0 saturated carbocycles. The third-order valence-corrected chi connectivity index (χ3v) is 4.53. The maximum absolute atomic E-state index is 9.19. The van der Waals surface area contributed by atoms with Crippen molar-refractivity contribution in [2.24, 2.45) is 5.92 Å². The van der Waals surface area contributed by atoms with Crippen LogP contribution in [0.4, 0.5) is 0 Å². The molecule has 1 aromatic heterocycles. The molecule has 0 radical (unpaired) electrons. The van der Waals surface area contributed by atoms with E-state index in [4.69, 9.17) is 4.55 Å². The number of nitrogens with one attached hydrogen (secondary N) is 2. The standard InChI is InChI=1S/C15H18N2.CH4O3S/c1-9-5-12-11-3-2-4-13-15(11)10(8-17-13)6-14(12)16-7-9;1-5(2,3)4/h2-4,8-9,12,14,16-17H,5-7H2,1H3;1H3,(H,2,3,4)/t9?,12-,14-;/m1./s1. The van der Waals surface area contributed by atoms with Crippen LogP contribution in [-0.4, -0.2) is 36.8 Å². The predicted molar refractivity (Wildman–Crippen MR) is 87.8 cm³/mol. The van der Waals surface area contributed by atoms with Gasteiger partial charge in [0.25, 0.3) is 10.1 Å². The normalized spacial score (nSPS) is 27.0. The van der Waals surface area contributed by atoms with Crippen LogP contribution in [0.25, 0.3) is 10.9 Å². The van der Waals surface area contributed by atoms with Crippen molar-refractivity contribution >= 4 is 21.0 Å². The van der Waals surface area contributed by atoms with Crippen molar-refractivity contribution in [1.29, 1.82) is 0 Å². The van der Waals surface area contributed by atoms with Crippen LogP contribution in [0.5, 0.6) is 0 Å². The van der Waals surface area contributed by atoms with Crippen molar-refractivity contribution in [3.63, 3.8) is 0 Å². The Labute approximate surface area is 130 Å². The molecular formula is C16H22N2O3S. The number of rotatable bonds is 0. The van der Waals surface area contributed by atoms with Crippen LogP contribution in [0.3, 0.4) is 0 Å². The molecule has 22 heavy (non-hydrogen) atoms. The summed E-state index contributed by atoms with van der Waals surface area (Å²) in [4.78, 5) is 3.41. The van der Waals surface area contributed by atoms with Crippen molar-refractivity contribution in [3.8, 4) is 0 Å². The lowest BCUT2D eigenvalue weighted by atomic mass is 9.74. The lowest BCUT2D eigenvalue weighted by Crippen LogP contribution is -2.46. The van der Waals surface area contributed by atoms with Crippen molar-refractivity contribution < 1.29 is 13.0 Å². The molecule has 6 heteroatoms. The molecule has 2 aromatic rings. The van der Waals surface area contributed by atoms with Gasteiger partial charge in [-0.05, 0) is 42.5 Å². The summed E-state index contributed by atoms with van der Waals surface area (Å²) >= 11 is 0. The second kappa shape index (κ2) is 5.68. The Balaban J connectivity index is 0.000000254. The smallest absolute Gasteiger partial charge is 0.261 e. The van der Waals surface area contributed by atoms with Crippen LogP contribution < -0.4 is 5.32 Å². The van der Waals surface area contributed by atoms with Gasteiger partial charge in [0, 0.05) is 29.1 Å². The molecule has 5 nitrogen and oxygen atoms in total. The van der Waals surface area contributed by atoms with E-state index in [1.165, 1.54) is 35.9 Å². The summed E-state index contributed by atoms with van der Waals surface area (Å²) in [7, 11) is -3.67. The molecule has 0 bridgehead atoms. The third-order valence-electron chi connectivity index (χ3n) is 4.53. The van der Waals surface area contributed by atoms with Gasteiger partial charge in [-0.3, -0.25) is 4.55 Å². The Morgan fingerprint density at radius 3 is 2.77 bits per heavy atom. The van der Waals surface area contributed by atoms with Crippen molar-refractivity contribution in [1.82, 2.24) is 10.3 Å². The number of aromatic nitrogens is 1. The zero-order chi connectivity index (χ0) is 15.9. The quantitative estimate of drug-likeness (QED) is 0.650. The lowest BCUT2D eigenvalue weighted by molar-refractivity contribution is 0.282. The summed E-state index contributed by atoms with van der Waals surface area (Å²) in [5.41, 5.74) is 4.38. The van der Waals surface area contributed by atoms with Gasteiger partial charge in [0.2, 0.25) is 0 Å². The molecule has 1 fully saturated rings. The molecule has 1 aromatic carbocycles. The average molecular weight is 322 g/mol. The van der Waals surface area contributed by atoms with Gasteiger partial charge >= 0.3 is 0 Å². The monoisotopic (exact) mass is 322 g/mol. The number of aromatic amines is 1. The van der Waals surface area contributed by atoms with E-state index >= 15 is 0 Å². The predicted octanol–water partition coefficient (Wildman–Crippen LogP) is 2.31. The van der Waals surface area contributed by atoms with Crippen LogP contribution in [-0.2, 0) is 16.5 Å². The highest BCUT2D eigenvalue weighted by molar-refractivity contribution is 7.85. The number of H-pyrrole nitrogens is 1. The molecule has 4 rings (SSSR count). The number of piperidine rings is 1. The highest BCUT2D eigenvalue weighted by Crippen LogP contribution is 2.41. The lowest BCUT2D eigenvalue weighted by Gasteiger charge is -2.39. The molecule has 1 aliphatic heterocycles. The van der Waals surface area contributed by atoms with Crippen LogP contribution >= 0.6 is 0 Å². The fourth-order valence-corrected chi connectivity index (χ4v) is 3.73. The molecule has 2 aliphatic rings. The van der Waals surface area contributed by atoms with Gasteiger partial charge in [-0.1, -0.05) is 19.1 Å². The van der Waals surface area contributed by atoms with E-state index in [-0.39, 0.29) is 0 Å². The molecule has 0 amide bonds. The van der Waals surface area contributed by atoms with E-state index in [0.717, 1.165) is 5.92 Å². The summed E-state index contributed by atoms with van der Waals surface area (Å²) < 4.78 is 25.9. The van der Waals surface area contributed by atoms with Gasteiger partial charge in [-0.2, -0.15) is 8.42 Å². The van der Waals surface area contributed by atoms with Gasteiger partial charge in [0.05, 0.1) is 6.26 Å². The van der Waals surface area contributed by atoms with E-state index in [0.29, 0.717) is 18.2 Å². The fourth-order valence-electron chi connectivity index (χ4n) is 3.73. The first-order valence-electron chi connectivity index (χ1n) is 7.57. The largest absolute Gasteiger partial charge is 0.361 e. The Kier molecular flexibility index (Phi) is 4.01. The van der Waals surface area contributed by atoms with Gasteiger partial charge in [-0.25, -0.2) is 0 Å². The highest BCUT2D eigenvalue weighted by atomic mass is 32.2. The molecule has 1 aliphatic carbocycles. The minimum Gasteiger partial charge on any atom is -0.361 e. The maximum atomic E-state index is 9.19. The van der Waals surface area contributed by atoms with Gasteiger partial charge in [0.1, 0.15) is 0 Å². The number of hydrogen-bond donors (Lipinski definition) is 3. The van der Waals surface area contributed by atoms with Crippen LogP contribution in [0.15, 0.2) is 24.4 Å². The minimum absolute atomic E-state index is 0.653. The van der Waals surface area contributed by atoms with E-state index < -0.39 is 10.1 Å². The Morgan fingerprint density at radius 2 is 2.05 bits per heavy atom. The topological polar surface area (TPSA) is 82.2 Å². The third kappa shape index (κ3) is 3.19. The number of hydrogen-bond acceptors (Lipinski definition) is 3. The zero-order valence-corrected chi connectivity index (χ0v) is 13.7. The zero-order valence-electron chi connectivity index (χ0n) is 12.8. The Morgan fingerprint density at radius 1 is 1.32 bits per heavy atom. The SMILES string of the molecule is CC1CN[C@@H]2Cc3c[nH]c4cccc(c34)[C@H]2C1.CS(=O)(=O)O. The molecular weight excluding hydrogens is 300 g/mol. The van der Waals surface area contributed by atoms with Gasteiger partial charge < -0.3 is 10.3 Å². The second-order valence-corrected chi connectivity index (χ2v) is 7.95. The first-order valence-corrected chi connectivity index (χ1v) is 9.42. The summed E-state index contributed by atoms with van der Waals surface area (Å²) in [6.45, 7) is 3.53. The highest BCUT2D eigenvalue weighted by Gasteiger charge is 2.34. The molecule has 3 N–H and O–H groups in total. The van der Waals surface area contributed by atoms with Crippen molar-refractivity contribution in [3.05, 3.63) is 35.5 Å². The number of benzene rings is 1. The molecule has 2 heterocycles. The van der Waals surface area contributed by atoms with E-state index in [1.807, 2.05) is 0 Å². The first kappa shape index (κ1) is 15.5. The average Bonchev–Trinajstić information content (AvgIpc) is 2.83. The fraction of sp³-hybridized carbons (Fsp3) is 0.500. The number of fused-ring (bicyclic) bond motifs is 2. The summed E-state index contributed by atoms with van der Waals surface area (Å²) in [5.74, 6) is 1.51. The molecule has 1 saturated heterocycles. The van der Waals surface area contributed by atoms with Crippen molar-refractivity contribution in [2.45, 2.75) is 31.7 Å². The minimum atomic E-state index is -3.67. The second-order valence-electron chi connectivity index (χ2n) is 6.48. The van der Waals surface area contributed by atoms with Crippen molar-refractivity contribution in [2.75, 3.05) is 12.8 Å². The van der Waals surface area contributed by atoms with E-state index in [9.17, 15) is 8.42 Å². The van der Waals surface area contributed by atoms with Crippen LogP contribution in [0.1, 0.15) is 30.4 Å². The van der Waals surface area contributed by atoms with Gasteiger partial charge in [0.15, 0.2) is 0 Å². The summed E-state index contributed by atoms with van der Waals surface area (Å²) in [6.07, 6.45) is 5.44. The maximum Gasteiger partial charge on any atom is 0.261 e. The van der Waals surface area contributed by atoms with Crippen LogP contribution in [0, 0.1) is 5.92 Å². The summed E-state index contributed by atoms with van der Waals surface area (Å²) in [6, 6.07) is 7.37.